The molecule has 1 amide bonds. The van der Waals surface area contributed by atoms with Gasteiger partial charge in [0.2, 0.25) is 3.79 Å². The first-order valence-electron chi connectivity index (χ1n) is 21.0. The number of nitrogens with one attached hydrogen (secondary N) is 1. The minimum absolute atomic E-state index is 0.190. The molecule has 1 N–H and O–H groups in total. The number of alkyl carbamates (subject to hydrolysis) is 1. The van der Waals surface area contributed by atoms with Crippen LogP contribution < -0.4 is 5.32 Å². The minimum atomic E-state index is -1.88. The summed E-state index contributed by atoms with van der Waals surface area (Å²) < 4.78 is 33.0. The van der Waals surface area contributed by atoms with E-state index in [4.69, 9.17) is 63.2 Å². The van der Waals surface area contributed by atoms with Crippen molar-refractivity contribution in [1.82, 2.24) is 5.32 Å². The number of hydrogen-bond donors (Lipinski definition) is 1. The lowest BCUT2D eigenvalue weighted by Crippen LogP contribution is -2.67. The average molecular weight is 851 g/mol. The molecule has 14 atom stereocenters. The molecule has 0 aromatic heterocycles. The second kappa shape index (κ2) is 18.8. The fraction of sp³-hybridized carbons (Fsp3) is 0.905. The van der Waals surface area contributed by atoms with Crippen LogP contribution in [-0.4, -0.2) is 77.8 Å². The van der Waals surface area contributed by atoms with Gasteiger partial charge in [-0.25, -0.2) is 4.79 Å². The number of hydrogen-bond acceptors (Lipinski definition) is 10. The van der Waals surface area contributed by atoms with E-state index in [0.29, 0.717) is 17.3 Å². The smallest absolute Gasteiger partial charge is 0.407 e. The number of carbonyl (C=O) groups is 4. The summed E-state index contributed by atoms with van der Waals surface area (Å²) in [6, 6.07) is -1.21. The van der Waals surface area contributed by atoms with Gasteiger partial charge in [-0.2, -0.15) is 0 Å². The summed E-state index contributed by atoms with van der Waals surface area (Å²) in [4.78, 5) is 49.8. The summed E-state index contributed by atoms with van der Waals surface area (Å²) in [5, 5.41) is 2.67. The van der Waals surface area contributed by atoms with Gasteiger partial charge in [-0.3, -0.25) is 14.4 Å². The lowest BCUT2D eigenvalue weighted by atomic mass is 9.44. The van der Waals surface area contributed by atoms with Gasteiger partial charge in [-0.1, -0.05) is 88.7 Å². The first kappa shape index (κ1) is 45.6. The summed E-state index contributed by atoms with van der Waals surface area (Å²) >= 11 is 17.5. The van der Waals surface area contributed by atoms with Gasteiger partial charge in [-0.15, -0.1) is 0 Å². The minimum Gasteiger partial charge on any atom is -0.463 e. The van der Waals surface area contributed by atoms with Gasteiger partial charge in [-0.05, 0) is 110 Å². The normalized spacial score (nSPS) is 38.7. The Kier molecular flexibility index (Phi) is 15.3. The Morgan fingerprint density at radius 1 is 0.804 bits per heavy atom. The van der Waals surface area contributed by atoms with Gasteiger partial charge in [0.05, 0.1) is 6.10 Å². The standard InChI is InChI=1S/C42H66Cl3NO10/c1-23(2)10-9-11-24(3)31-14-15-32-30-13-12-28-20-29(16-18-40(28,7)33(30)17-19-41(31,32)8)55-38-35(46-39(50)52-22-42(43,44)45)37(54-27(6)49)36(53-26(5)48)34(56-38)21-51-25(4)47/h23-24,28-38H,9-22H2,1-8H3,(H,46,50)/t24-,28+,29+,30+,31-,32+,33+,34-,35-,36+,37-,38-,40+,41-/m1/s1. The van der Waals surface area contributed by atoms with Crippen molar-refractivity contribution in [3.63, 3.8) is 0 Å². The fourth-order valence-electron chi connectivity index (χ4n) is 12.1. The molecule has 320 valence electrons. The van der Waals surface area contributed by atoms with E-state index in [1.54, 1.807) is 0 Å². The lowest BCUT2D eigenvalue weighted by Gasteiger charge is -2.61. The van der Waals surface area contributed by atoms with Crippen LogP contribution in [0, 0.1) is 52.3 Å². The first-order chi connectivity index (χ1) is 26.2. The van der Waals surface area contributed by atoms with E-state index < -0.39 is 65.0 Å². The van der Waals surface area contributed by atoms with Crippen molar-refractivity contribution < 1.29 is 47.6 Å². The highest BCUT2D eigenvalue weighted by Crippen LogP contribution is 2.68. The fourth-order valence-corrected chi connectivity index (χ4v) is 12.2. The third-order valence-corrected chi connectivity index (χ3v) is 14.8. The number of rotatable bonds is 13. The Morgan fingerprint density at radius 3 is 2.11 bits per heavy atom. The summed E-state index contributed by atoms with van der Waals surface area (Å²) in [6.45, 7) is 15.1. The van der Waals surface area contributed by atoms with E-state index >= 15 is 0 Å². The molecule has 14 heteroatoms. The molecule has 4 saturated carbocycles. The maximum Gasteiger partial charge on any atom is 0.407 e. The Hall–Kier alpha value is -1.53. The number of fused-ring (bicyclic) bond motifs is 5. The highest BCUT2D eigenvalue weighted by molar-refractivity contribution is 6.67. The van der Waals surface area contributed by atoms with Crippen molar-refractivity contribution in [2.45, 2.75) is 173 Å². The van der Waals surface area contributed by atoms with Crippen LogP contribution in [0.3, 0.4) is 0 Å². The molecule has 0 spiro atoms. The number of amides is 1. The molecule has 1 aliphatic heterocycles. The van der Waals surface area contributed by atoms with E-state index in [-0.39, 0.29) is 18.1 Å². The van der Waals surface area contributed by atoms with Gasteiger partial charge >= 0.3 is 24.0 Å². The first-order valence-corrected chi connectivity index (χ1v) is 22.1. The topological polar surface area (TPSA) is 136 Å². The van der Waals surface area contributed by atoms with E-state index in [1.807, 2.05) is 0 Å². The molecule has 0 unspecified atom stereocenters. The quantitative estimate of drug-likeness (QED) is 0.0828. The maximum absolute atomic E-state index is 13.1. The Morgan fingerprint density at radius 2 is 1.46 bits per heavy atom. The molecule has 5 fully saturated rings. The molecule has 56 heavy (non-hydrogen) atoms. The van der Waals surface area contributed by atoms with E-state index in [0.717, 1.165) is 55.3 Å². The highest BCUT2D eigenvalue weighted by Gasteiger charge is 2.61. The number of carbonyl (C=O) groups excluding carboxylic acids is 4. The van der Waals surface area contributed by atoms with Crippen molar-refractivity contribution in [1.29, 1.82) is 0 Å². The molecule has 5 rings (SSSR count). The third kappa shape index (κ3) is 10.8. The van der Waals surface area contributed by atoms with Gasteiger partial charge in [0.1, 0.15) is 25.4 Å². The zero-order valence-corrected chi connectivity index (χ0v) is 36.9. The zero-order chi connectivity index (χ0) is 41.2. The van der Waals surface area contributed by atoms with Crippen LogP contribution in [0.1, 0.15) is 132 Å². The van der Waals surface area contributed by atoms with Crippen LogP contribution in [0.4, 0.5) is 4.79 Å². The van der Waals surface area contributed by atoms with Crippen LogP contribution in [0.15, 0.2) is 0 Å². The molecule has 0 radical (unpaired) electrons. The SMILES string of the molecule is CC(=O)OC[C@H]1O[C@@H](O[C@H]2CC[C@@]3(C)[C@@H](CC[C@@H]4[C@@H]3CC[C@]3(C)[C@@H]([C@H](C)CCCC(C)C)CC[C@@H]43)C2)[C@H](NC(=O)OCC(Cl)(Cl)Cl)[C@@H](OC(C)=O)[C@H]1OC(C)=O. The monoisotopic (exact) mass is 849 g/mol. The summed E-state index contributed by atoms with van der Waals surface area (Å²) in [5.41, 5.74) is 0.614. The summed E-state index contributed by atoms with van der Waals surface area (Å²) in [5.74, 6) is 3.02. The number of ether oxygens (including phenoxy) is 6. The maximum atomic E-state index is 13.1. The third-order valence-electron chi connectivity index (χ3n) is 14.5. The van der Waals surface area contributed by atoms with E-state index in [1.165, 1.54) is 72.1 Å². The predicted octanol–water partition coefficient (Wildman–Crippen LogP) is 9.11. The summed E-state index contributed by atoms with van der Waals surface area (Å²) in [7, 11) is 0. The molecule has 0 bridgehead atoms. The Balaban J connectivity index is 1.32. The lowest BCUT2D eigenvalue weighted by molar-refractivity contribution is -0.293. The van der Waals surface area contributed by atoms with Crippen molar-refractivity contribution in [3.8, 4) is 0 Å². The molecule has 4 aliphatic carbocycles. The molecular weight excluding hydrogens is 785 g/mol. The molecular formula is C42H66Cl3NO10. The van der Waals surface area contributed by atoms with Gasteiger partial charge in [0.15, 0.2) is 18.5 Å². The van der Waals surface area contributed by atoms with Crippen LogP contribution in [0.2, 0.25) is 0 Å². The van der Waals surface area contributed by atoms with Crippen LogP contribution in [-0.2, 0) is 42.8 Å². The molecule has 1 saturated heterocycles. The molecule has 0 aromatic rings. The zero-order valence-electron chi connectivity index (χ0n) is 34.6. The molecule has 1 heterocycles. The van der Waals surface area contributed by atoms with Gasteiger partial charge < -0.3 is 33.7 Å². The molecule has 0 aromatic carbocycles. The number of alkyl halides is 3. The van der Waals surface area contributed by atoms with E-state index in [9.17, 15) is 19.2 Å². The Bertz CT molecular complexity index is 1390. The number of halogens is 3. The highest BCUT2D eigenvalue weighted by atomic mass is 35.6. The van der Waals surface area contributed by atoms with Crippen molar-refractivity contribution in [2.75, 3.05) is 13.2 Å². The Labute approximate surface area is 348 Å². The summed E-state index contributed by atoms with van der Waals surface area (Å²) in [6.07, 6.45) is 8.15. The average Bonchev–Trinajstić information content (AvgIpc) is 3.45. The van der Waals surface area contributed by atoms with Crippen LogP contribution in [0.5, 0.6) is 0 Å². The number of esters is 3. The largest absolute Gasteiger partial charge is 0.463 e. The molecule has 5 aliphatic rings. The predicted molar refractivity (Wildman–Crippen MR) is 213 cm³/mol. The van der Waals surface area contributed by atoms with Gasteiger partial charge in [0.25, 0.3) is 0 Å². The van der Waals surface area contributed by atoms with Crippen molar-refractivity contribution >= 4 is 58.8 Å². The van der Waals surface area contributed by atoms with Crippen LogP contribution in [0.25, 0.3) is 0 Å². The molecule has 11 nitrogen and oxygen atoms in total. The van der Waals surface area contributed by atoms with E-state index in [2.05, 4.69) is 39.9 Å². The van der Waals surface area contributed by atoms with Crippen molar-refractivity contribution in [3.05, 3.63) is 0 Å². The van der Waals surface area contributed by atoms with Crippen LogP contribution >= 0.6 is 34.8 Å². The second-order valence-corrected chi connectivity index (χ2v) is 21.1. The van der Waals surface area contributed by atoms with Crippen molar-refractivity contribution in [2.24, 2.45) is 52.3 Å². The second-order valence-electron chi connectivity index (χ2n) is 18.6. The van der Waals surface area contributed by atoms with Gasteiger partial charge in [0, 0.05) is 20.8 Å².